The summed E-state index contributed by atoms with van der Waals surface area (Å²) < 4.78 is 3.46. The molecule has 4 rings (SSSR count). The van der Waals surface area contributed by atoms with Gasteiger partial charge in [0.2, 0.25) is 5.91 Å². The predicted molar refractivity (Wildman–Crippen MR) is 111 cm³/mol. The maximum atomic E-state index is 12.6. The van der Waals surface area contributed by atoms with E-state index >= 15 is 0 Å². The minimum atomic E-state index is -0.243. The van der Waals surface area contributed by atoms with E-state index < -0.39 is 0 Å². The number of hydrogen-bond acceptors (Lipinski definition) is 3. The van der Waals surface area contributed by atoms with Crippen molar-refractivity contribution in [3.8, 4) is 0 Å². The Morgan fingerprint density at radius 2 is 2.00 bits per heavy atom. The van der Waals surface area contributed by atoms with Gasteiger partial charge in [0.05, 0.1) is 16.9 Å². The summed E-state index contributed by atoms with van der Waals surface area (Å²) in [6, 6.07) is 9.87. The number of nitrogens with zero attached hydrogens (tertiary/aromatic N) is 3. The van der Waals surface area contributed by atoms with E-state index in [9.17, 15) is 9.59 Å². The zero-order valence-corrected chi connectivity index (χ0v) is 16.4. The Labute approximate surface area is 164 Å². The number of anilines is 1. The summed E-state index contributed by atoms with van der Waals surface area (Å²) in [4.78, 5) is 25.0. The maximum Gasteiger partial charge on any atom is 0.267 e. The Morgan fingerprint density at radius 1 is 1.18 bits per heavy atom. The molecule has 0 saturated carbocycles. The smallest absolute Gasteiger partial charge is 0.267 e. The fourth-order valence-electron chi connectivity index (χ4n) is 3.96. The number of carbonyl (C=O) groups is 1. The van der Waals surface area contributed by atoms with Crippen LogP contribution in [0, 0.1) is 0 Å². The van der Waals surface area contributed by atoms with Gasteiger partial charge in [-0.15, -0.1) is 0 Å². The van der Waals surface area contributed by atoms with Crippen molar-refractivity contribution < 1.29 is 4.79 Å². The molecule has 6 nitrogen and oxygen atoms in total. The first-order valence-electron chi connectivity index (χ1n) is 10.0. The number of aromatic nitrogens is 3. The summed E-state index contributed by atoms with van der Waals surface area (Å²) in [5, 5.41) is 8.43. The topological polar surface area (TPSA) is 68.9 Å². The fraction of sp³-hybridized carbons (Fsp3) is 0.409. The number of fused-ring (bicyclic) bond motifs is 2. The molecule has 1 aliphatic rings. The van der Waals surface area contributed by atoms with Crippen LogP contribution in [0.15, 0.2) is 41.3 Å². The van der Waals surface area contributed by atoms with E-state index in [0.717, 1.165) is 60.0 Å². The van der Waals surface area contributed by atoms with Crippen molar-refractivity contribution >= 4 is 22.5 Å². The average Bonchev–Trinajstić information content (AvgIpc) is 2.97. The Balaban J connectivity index is 1.56. The number of hydrogen-bond donors (Lipinski definition) is 1. The second-order valence-electron chi connectivity index (χ2n) is 7.78. The molecule has 3 aromatic rings. The first-order chi connectivity index (χ1) is 13.5. The maximum absolute atomic E-state index is 12.6. The van der Waals surface area contributed by atoms with Crippen molar-refractivity contribution in [2.45, 2.75) is 58.5 Å². The molecule has 146 valence electrons. The number of benzene rings is 1. The van der Waals surface area contributed by atoms with Gasteiger partial charge < -0.3 is 9.88 Å². The molecular formula is C22H26N4O2. The van der Waals surface area contributed by atoms with E-state index in [2.05, 4.69) is 28.8 Å². The van der Waals surface area contributed by atoms with Crippen molar-refractivity contribution in [2.75, 3.05) is 5.32 Å². The van der Waals surface area contributed by atoms with E-state index in [4.69, 9.17) is 0 Å². The molecular weight excluding hydrogens is 352 g/mol. The third-order valence-electron chi connectivity index (χ3n) is 5.41. The molecule has 0 radical (unpaired) electrons. The fourth-order valence-corrected chi connectivity index (χ4v) is 3.96. The summed E-state index contributed by atoms with van der Waals surface area (Å²) >= 11 is 0. The lowest BCUT2D eigenvalue weighted by atomic mass is 10.1. The van der Waals surface area contributed by atoms with Crippen LogP contribution in [0.1, 0.15) is 50.4 Å². The van der Waals surface area contributed by atoms with Crippen molar-refractivity contribution in [3.63, 3.8) is 0 Å². The highest BCUT2D eigenvalue weighted by Crippen LogP contribution is 2.26. The van der Waals surface area contributed by atoms with Crippen molar-refractivity contribution in [1.82, 2.24) is 14.3 Å². The van der Waals surface area contributed by atoms with Crippen LogP contribution in [-0.2, 0) is 24.2 Å². The Morgan fingerprint density at radius 3 is 2.82 bits per heavy atom. The van der Waals surface area contributed by atoms with E-state index in [0.29, 0.717) is 6.04 Å². The van der Waals surface area contributed by atoms with Gasteiger partial charge in [-0.2, -0.15) is 5.10 Å². The first-order valence-corrected chi connectivity index (χ1v) is 10.0. The van der Waals surface area contributed by atoms with Crippen LogP contribution in [0.25, 0.3) is 10.9 Å². The summed E-state index contributed by atoms with van der Waals surface area (Å²) in [7, 11) is 0. The number of rotatable bonds is 4. The minimum Gasteiger partial charge on any atom is -0.345 e. The molecule has 2 aromatic heterocycles. The standard InChI is InChI=1S/C22H26N4O2/c1-15(2)25-12-11-17-19(9-6-10-20(17)25)23-21(27)14-26-22(28)13-16-7-4-3-5-8-18(16)24-26/h6,9-13,15H,3-5,7-8,14H2,1-2H3,(H,23,27). The summed E-state index contributed by atoms with van der Waals surface area (Å²) in [5.41, 5.74) is 3.62. The van der Waals surface area contributed by atoms with Gasteiger partial charge in [-0.05, 0) is 63.3 Å². The molecule has 0 spiro atoms. The highest BCUT2D eigenvalue weighted by Gasteiger charge is 2.15. The first kappa shape index (κ1) is 18.5. The summed E-state index contributed by atoms with van der Waals surface area (Å²) in [5.74, 6) is -0.243. The molecule has 1 aliphatic carbocycles. The number of amides is 1. The Hall–Kier alpha value is -2.89. The third-order valence-corrected chi connectivity index (χ3v) is 5.41. The van der Waals surface area contributed by atoms with Gasteiger partial charge in [0.25, 0.3) is 5.56 Å². The molecule has 1 N–H and O–H groups in total. The van der Waals surface area contributed by atoms with Crippen LogP contribution in [0.3, 0.4) is 0 Å². The normalized spacial score (nSPS) is 14.1. The second-order valence-corrected chi connectivity index (χ2v) is 7.78. The summed E-state index contributed by atoms with van der Waals surface area (Å²) in [6.07, 6.45) is 7.14. The van der Waals surface area contributed by atoms with Crippen LogP contribution in [-0.4, -0.2) is 20.3 Å². The van der Waals surface area contributed by atoms with E-state index in [-0.39, 0.29) is 18.0 Å². The number of nitrogens with one attached hydrogen (secondary N) is 1. The average molecular weight is 378 g/mol. The van der Waals surface area contributed by atoms with Gasteiger partial charge in [-0.1, -0.05) is 12.5 Å². The van der Waals surface area contributed by atoms with Gasteiger partial charge in [0, 0.05) is 23.7 Å². The highest BCUT2D eigenvalue weighted by molar-refractivity contribution is 6.01. The zero-order chi connectivity index (χ0) is 19.7. The van der Waals surface area contributed by atoms with Crippen LogP contribution >= 0.6 is 0 Å². The van der Waals surface area contributed by atoms with Crippen LogP contribution in [0.5, 0.6) is 0 Å². The molecule has 0 fully saturated rings. The molecule has 0 saturated heterocycles. The van der Waals surface area contributed by atoms with E-state index in [1.165, 1.54) is 4.68 Å². The molecule has 2 heterocycles. The third kappa shape index (κ3) is 3.59. The van der Waals surface area contributed by atoms with Crippen LogP contribution < -0.4 is 10.9 Å². The van der Waals surface area contributed by atoms with Crippen LogP contribution in [0.4, 0.5) is 5.69 Å². The second kappa shape index (κ2) is 7.62. The molecule has 0 aliphatic heterocycles. The molecule has 0 bridgehead atoms. The largest absolute Gasteiger partial charge is 0.345 e. The quantitative estimate of drug-likeness (QED) is 0.704. The van der Waals surface area contributed by atoms with Gasteiger partial charge in [-0.25, -0.2) is 4.68 Å². The van der Waals surface area contributed by atoms with Crippen molar-refractivity contribution in [1.29, 1.82) is 0 Å². The molecule has 28 heavy (non-hydrogen) atoms. The van der Waals surface area contributed by atoms with Gasteiger partial charge in [0.1, 0.15) is 6.54 Å². The van der Waals surface area contributed by atoms with Gasteiger partial charge in [-0.3, -0.25) is 9.59 Å². The SMILES string of the molecule is CC(C)n1ccc2c(NC(=O)Cn3nc4c(cc3=O)CCCCC4)cccc21. The number of carbonyl (C=O) groups excluding carboxylic acids is 1. The summed E-state index contributed by atoms with van der Waals surface area (Å²) in [6.45, 7) is 4.18. The number of aryl methyl sites for hydroxylation is 2. The molecule has 0 unspecified atom stereocenters. The Kier molecular flexibility index (Phi) is 5.03. The van der Waals surface area contributed by atoms with Crippen molar-refractivity contribution in [3.05, 3.63) is 58.1 Å². The molecule has 6 heteroatoms. The van der Waals surface area contributed by atoms with Crippen LogP contribution in [0.2, 0.25) is 0 Å². The molecule has 1 aromatic carbocycles. The predicted octanol–water partition coefficient (Wildman–Crippen LogP) is 3.69. The minimum absolute atomic E-state index is 0.0760. The molecule has 0 atom stereocenters. The lowest BCUT2D eigenvalue weighted by Crippen LogP contribution is -2.30. The highest BCUT2D eigenvalue weighted by atomic mass is 16.2. The van der Waals surface area contributed by atoms with Gasteiger partial charge >= 0.3 is 0 Å². The van der Waals surface area contributed by atoms with E-state index in [1.807, 2.05) is 30.5 Å². The van der Waals surface area contributed by atoms with Crippen molar-refractivity contribution in [2.24, 2.45) is 0 Å². The zero-order valence-electron chi connectivity index (χ0n) is 16.4. The lowest BCUT2D eigenvalue weighted by molar-refractivity contribution is -0.117. The lowest BCUT2D eigenvalue weighted by Gasteiger charge is -2.12. The monoisotopic (exact) mass is 378 g/mol. The van der Waals surface area contributed by atoms with E-state index in [1.54, 1.807) is 6.07 Å². The van der Waals surface area contributed by atoms with Gasteiger partial charge in [0.15, 0.2) is 0 Å². The molecule has 1 amide bonds. The Bertz CT molecular complexity index is 1080.